The first-order valence-corrected chi connectivity index (χ1v) is 6.40. The smallest absolute Gasteiger partial charge is 0.339 e. The first kappa shape index (κ1) is 13.8. The Morgan fingerprint density at radius 3 is 3.00 bits per heavy atom. The number of hydrogen-bond donors (Lipinski definition) is 2. The van der Waals surface area contributed by atoms with Gasteiger partial charge >= 0.3 is 5.97 Å². The van der Waals surface area contributed by atoms with Crippen LogP contribution in [0, 0.1) is 0 Å². The second-order valence-corrected chi connectivity index (χ2v) is 4.92. The van der Waals surface area contributed by atoms with Crippen LogP contribution in [-0.2, 0) is 11.3 Å². The first-order chi connectivity index (χ1) is 9.06. The molecule has 0 saturated heterocycles. The molecule has 0 spiro atoms. The number of fused-ring (bicyclic) bond motifs is 1. The van der Waals surface area contributed by atoms with Crippen molar-refractivity contribution in [1.82, 2.24) is 5.32 Å². The average molecular weight is 265 g/mol. The van der Waals surface area contributed by atoms with E-state index in [-0.39, 0.29) is 12.6 Å². The third-order valence-corrected chi connectivity index (χ3v) is 2.86. The van der Waals surface area contributed by atoms with E-state index >= 15 is 0 Å². The molecule has 0 radical (unpaired) electrons. The number of cyclic esters (lactones) is 1. The molecule has 1 atom stereocenters. The zero-order valence-electron chi connectivity index (χ0n) is 11.2. The maximum absolute atomic E-state index is 11.4. The molecule has 2 N–H and O–H groups in total. The molecule has 1 aliphatic rings. The van der Waals surface area contributed by atoms with Crippen molar-refractivity contribution in [2.75, 3.05) is 13.2 Å². The van der Waals surface area contributed by atoms with Gasteiger partial charge in [-0.05, 0) is 12.1 Å². The number of ether oxygens (including phenoxy) is 2. The van der Waals surface area contributed by atoms with Crippen molar-refractivity contribution in [2.45, 2.75) is 32.6 Å². The minimum atomic E-state index is -0.581. The van der Waals surface area contributed by atoms with Gasteiger partial charge in [-0.3, -0.25) is 0 Å². The molecule has 0 saturated carbocycles. The molecule has 1 aromatic rings. The highest BCUT2D eigenvalue weighted by Crippen LogP contribution is 2.24. The number of carbonyl (C=O) groups is 1. The van der Waals surface area contributed by atoms with Crippen molar-refractivity contribution in [3.05, 3.63) is 29.3 Å². The van der Waals surface area contributed by atoms with E-state index in [0.717, 1.165) is 5.56 Å². The van der Waals surface area contributed by atoms with Crippen molar-refractivity contribution in [3.63, 3.8) is 0 Å². The Kier molecular flexibility index (Phi) is 4.39. The maximum Gasteiger partial charge on any atom is 0.339 e. The van der Waals surface area contributed by atoms with E-state index < -0.39 is 6.10 Å². The summed E-state index contributed by atoms with van der Waals surface area (Å²) in [6, 6.07) is 5.58. The largest absolute Gasteiger partial charge is 0.491 e. The van der Waals surface area contributed by atoms with E-state index in [9.17, 15) is 9.90 Å². The number of hydrogen-bond acceptors (Lipinski definition) is 5. The van der Waals surface area contributed by atoms with Gasteiger partial charge in [0.05, 0.1) is 5.56 Å². The van der Waals surface area contributed by atoms with Gasteiger partial charge in [0.25, 0.3) is 0 Å². The lowest BCUT2D eigenvalue weighted by Crippen LogP contribution is -2.35. The molecule has 1 aliphatic heterocycles. The SMILES string of the molecule is CC(C)NCC(O)COc1ccc2c(c1)C(=O)OC2. The fourth-order valence-corrected chi connectivity index (χ4v) is 1.81. The van der Waals surface area contributed by atoms with Gasteiger partial charge in [-0.2, -0.15) is 0 Å². The highest BCUT2D eigenvalue weighted by molar-refractivity contribution is 5.93. The number of benzene rings is 1. The summed E-state index contributed by atoms with van der Waals surface area (Å²) in [5.74, 6) is 0.253. The summed E-state index contributed by atoms with van der Waals surface area (Å²) < 4.78 is 10.4. The molecule has 1 heterocycles. The van der Waals surface area contributed by atoms with Crippen molar-refractivity contribution < 1.29 is 19.4 Å². The van der Waals surface area contributed by atoms with Gasteiger partial charge in [-0.25, -0.2) is 4.79 Å². The van der Waals surface area contributed by atoms with Crippen LogP contribution in [0.25, 0.3) is 0 Å². The molecule has 0 amide bonds. The standard InChI is InChI=1S/C14H19NO4/c1-9(2)15-6-11(16)8-18-12-4-3-10-7-19-14(17)13(10)5-12/h3-5,9,11,15-16H,6-8H2,1-2H3. The average Bonchev–Trinajstić information content (AvgIpc) is 2.75. The van der Waals surface area contributed by atoms with E-state index in [2.05, 4.69) is 5.32 Å². The van der Waals surface area contributed by atoms with Gasteiger partial charge in [0.1, 0.15) is 25.1 Å². The highest BCUT2D eigenvalue weighted by Gasteiger charge is 2.21. The highest BCUT2D eigenvalue weighted by atomic mass is 16.5. The van der Waals surface area contributed by atoms with Crippen LogP contribution in [-0.4, -0.2) is 36.4 Å². The molecular weight excluding hydrogens is 246 g/mol. The quantitative estimate of drug-likeness (QED) is 0.754. The normalized spacial score (nSPS) is 15.3. The van der Waals surface area contributed by atoms with Gasteiger partial charge < -0.3 is 19.9 Å². The molecule has 0 aromatic heterocycles. The molecule has 19 heavy (non-hydrogen) atoms. The second-order valence-electron chi connectivity index (χ2n) is 4.92. The Morgan fingerprint density at radius 1 is 1.47 bits per heavy atom. The molecule has 104 valence electrons. The minimum Gasteiger partial charge on any atom is -0.491 e. The summed E-state index contributed by atoms with van der Waals surface area (Å²) in [5, 5.41) is 12.9. The van der Waals surface area contributed by atoms with Crippen molar-refractivity contribution >= 4 is 5.97 Å². The van der Waals surface area contributed by atoms with Crippen LogP contribution >= 0.6 is 0 Å². The van der Waals surface area contributed by atoms with Gasteiger partial charge in [0.15, 0.2) is 0 Å². The zero-order chi connectivity index (χ0) is 13.8. The number of aliphatic hydroxyl groups excluding tert-OH is 1. The molecule has 1 unspecified atom stereocenters. The number of nitrogens with one attached hydrogen (secondary N) is 1. The van der Waals surface area contributed by atoms with Crippen LogP contribution in [0.2, 0.25) is 0 Å². The van der Waals surface area contributed by atoms with Crippen LogP contribution in [0.1, 0.15) is 29.8 Å². The third-order valence-electron chi connectivity index (χ3n) is 2.86. The van der Waals surface area contributed by atoms with E-state index in [1.165, 1.54) is 0 Å². The maximum atomic E-state index is 11.4. The summed E-state index contributed by atoms with van der Waals surface area (Å²) in [4.78, 5) is 11.4. The molecule has 0 fully saturated rings. The summed E-state index contributed by atoms with van der Waals surface area (Å²) in [6.07, 6.45) is -0.581. The van der Waals surface area contributed by atoms with Crippen LogP contribution in [0.5, 0.6) is 5.75 Å². The van der Waals surface area contributed by atoms with Gasteiger partial charge in [0, 0.05) is 18.2 Å². The van der Waals surface area contributed by atoms with Crippen LogP contribution in [0.15, 0.2) is 18.2 Å². The Balaban J connectivity index is 1.87. The van der Waals surface area contributed by atoms with Crippen molar-refractivity contribution in [3.8, 4) is 5.75 Å². The lowest BCUT2D eigenvalue weighted by atomic mass is 10.1. The molecule has 1 aromatic carbocycles. The monoisotopic (exact) mass is 265 g/mol. The van der Waals surface area contributed by atoms with E-state index in [4.69, 9.17) is 9.47 Å². The number of esters is 1. The van der Waals surface area contributed by atoms with Gasteiger partial charge in [0.2, 0.25) is 0 Å². The molecule has 2 rings (SSSR count). The van der Waals surface area contributed by atoms with E-state index in [1.54, 1.807) is 12.1 Å². The van der Waals surface area contributed by atoms with E-state index in [0.29, 0.717) is 30.5 Å². The second kappa shape index (κ2) is 6.04. The molecule has 5 heteroatoms. The molecular formula is C14H19NO4. The van der Waals surface area contributed by atoms with E-state index in [1.807, 2.05) is 19.9 Å². The van der Waals surface area contributed by atoms with Crippen LogP contribution in [0.4, 0.5) is 0 Å². The number of rotatable bonds is 6. The Labute approximate surface area is 112 Å². The summed E-state index contributed by atoms with van der Waals surface area (Å²) in [6.45, 7) is 5.02. The lowest BCUT2D eigenvalue weighted by molar-refractivity contribution is 0.0535. The van der Waals surface area contributed by atoms with Gasteiger partial charge in [-0.1, -0.05) is 19.9 Å². The summed E-state index contributed by atoms with van der Waals surface area (Å²) >= 11 is 0. The fraction of sp³-hybridized carbons (Fsp3) is 0.500. The summed E-state index contributed by atoms with van der Waals surface area (Å²) in [7, 11) is 0. The predicted molar refractivity (Wildman–Crippen MR) is 70.2 cm³/mol. The summed E-state index contributed by atoms with van der Waals surface area (Å²) in [5.41, 5.74) is 1.42. The topological polar surface area (TPSA) is 67.8 Å². The Hall–Kier alpha value is -1.59. The Morgan fingerprint density at radius 2 is 2.26 bits per heavy atom. The molecule has 5 nitrogen and oxygen atoms in total. The fourth-order valence-electron chi connectivity index (χ4n) is 1.81. The third kappa shape index (κ3) is 3.68. The first-order valence-electron chi connectivity index (χ1n) is 6.40. The van der Waals surface area contributed by atoms with Crippen LogP contribution < -0.4 is 10.1 Å². The number of carbonyl (C=O) groups excluding carboxylic acids is 1. The molecule has 0 bridgehead atoms. The van der Waals surface area contributed by atoms with Crippen molar-refractivity contribution in [2.24, 2.45) is 0 Å². The van der Waals surface area contributed by atoms with Crippen molar-refractivity contribution in [1.29, 1.82) is 0 Å². The molecule has 0 aliphatic carbocycles. The lowest BCUT2D eigenvalue weighted by Gasteiger charge is -2.15. The predicted octanol–water partition coefficient (Wildman–Crippen LogP) is 1.09. The minimum absolute atomic E-state index is 0.188. The number of aliphatic hydroxyl groups is 1. The van der Waals surface area contributed by atoms with Crippen LogP contribution in [0.3, 0.4) is 0 Å². The van der Waals surface area contributed by atoms with Gasteiger partial charge in [-0.15, -0.1) is 0 Å². The Bertz CT molecular complexity index is 459. The zero-order valence-corrected chi connectivity index (χ0v) is 11.2.